The molecule has 1 atom stereocenters. The summed E-state index contributed by atoms with van der Waals surface area (Å²) in [6.45, 7) is 8.61. The normalized spacial score (nSPS) is 13.1. The molecular weight excluding hydrogens is 255 g/mol. The van der Waals surface area contributed by atoms with Gasteiger partial charge in [-0.05, 0) is 57.9 Å². The third kappa shape index (κ3) is 5.70. The average molecular weight is 280 g/mol. The van der Waals surface area contributed by atoms with Crippen LogP contribution in [-0.2, 0) is 11.2 Å². The highest BCUT2D eigenvalue weighted by Crippen LogP contribution is 2.07. The van der Waals surface area contributed by atoms with Gasteiger partial charge in [0.1, 0.15) is 5.82 Å². The van der Waals surface area contributed by atoms with Crippen molar-refractivity contribution < 1.29 is 9.18 Å². The predicted molar refractivity (Wildman–Crippen MR) is 80.1 cm³/mol. The second-order valence-corrected chi connectivity index (χ2v) is 5.78. The smallest absolute Gasteiger partial charge is 0.237 e. The average Bonchev–Trinajstić information content (AvgIpc) is 2.40. The Morgan fingerprint density at radius 2 is 1.90 bits per heavy atom. The number of hydrogen-bond acceptors (Lipinski definition) is 2. The van der Waals surface area contributed by atoms with Crippen molar-refractivity contribution in [2.24, 2.45) is 0 Å². The van der Waals surface area contributed by atoms with Gasteiger partial charge in [0.05, 0.1) is 6.04 Å². The SMILES string of the molecule is CCC(C)(C)NC(=O)C(C)NCCc1ccc(F)cc1. The van der Waals surface area contributed by atoms with Crippen molar-refractivity contribution in [3.63, 3.8) is 0 Å². The maximum absolute atomic E-state index is 12.8. The molecule has 0 radical (unpaired) electrons. The number of carbonyl (C=O) groups excluding carboxylic acids is 1. The molecule has 0 spiro atoms. The van der Waals surface area contributed by atoms with E-state index < -0.39 is 0 Å². The van der Waals surface area contributed by atoms with E-state index in [0.717, 1.165) is 18.4 Å². The van der Waals surface area contributed by atoms with E-state index >= 15 is 0 Å². The zero-order chi connectivity index (χ0) is 15.2. The quantitative estimate of drug-likeness (QED) is 0.806. The third-order valence-electron chi connectivity index (χ3n) is 3.52. The fourth-order valence-electron chi connectivity index (χ4n) is 1.71. The molecule has 1 unspecified atom stereocenters. The molecule has 112 valence electrons. The molecule has 0 fully saturated rings. The van der Waals surface area contributed by atoms with Gasteiger partial charge in [0.25, 0.3) is 0 Å². The Labute approximate surface area is 121 Å². The minimum Gasteiger partial charge on any atom is -0.350 e. The van der Waals surface area contributed by atoms with E-state index in [-0.39, 0.29) is 23.3 Å². The lowest BCUT2D eigenvalue weighted by molar-refractivity contribution is -0.124. The number of benzene rings is 1. The Kier molecular flexibility index (Phi) is 6.14. The molecule has 1 aromatic carbocycles. The minimum atomic E-state index is -0.235. The van der Waals surface area contributed by atoms with Gasteiger partial charge in [0, 0.05) is 5.54 Å². The molecule has 4 heteroatoms. The molecule has 0 saturated carbocycles. The molecular formula is C16H25FN2O. The number of nitrogens with one attached hydrogen (secondary N) is 2. The summed E-state index contributed by atoms with van der Waals surface area (Å²) >= 11 is 0. The van der Waals surface area contributed by atoms with Gasteiger partial charge in [-0.3, -0.25) is 4.79 Å². The Balaban J connectivity index is 2.34. The molecule has 1 rings (SSSR count). The molecule has 0 heterocycles. The first-order valence-electron chi connectivity index (χ1n) is 7.14. The highest BCUT2D eigenvalue weighted by atomic mass is 19.1. The number of amides is 1. The number of rotatable bonds is 7. The lowest BCUT2D eigenvalue weighted by Gasteiger charge is -2.26. The van der Waals surface area contributed by atoms with Crippen LogP contribution in [0, 0.1) is 5.82 Å². The third-order valence-corrected chi connectivity index (χ3v) is 3.52. The van der Waals surface area contributed by atoms with Crippen LogP contribution in [0.3, 0.4) is 0 Å². The summed E-state index contributed by atoms with van der Waals surface area (Å²) in [6.07, 6.45) is 1.66. The second-order valence-electron chi connectivity index (χ2n) is 5.78. The first kappa shape index (κ1) is 16.6. The fraction of sp³-hybridized carbons (Fsp3) is 0.562. The molecule has 20 heavy (non-hydrogen) atoms. The van der Waals surface area contributed by atoms with E-state index in [1.807, 2.05) is 27.7 Å². The first-order valence-corrected chi connectivity index (χ1v) is 7.14. The number of halogens is 1. The molecule has 2 N–H and O–H groups in total. The van der Waals surface area contributed by atoms with Crippen LogP contribution in [-0.4, -0.2) is 24.0 Å². The van der Waals surface area contributed by atoms with Crippen molar-refractivity contribution >= 4 is 5.91 Å². The molecule has 1 aromatic rings. The second kappa shape index (κ2) is 7.39. The Hall–Kier alpha value is -1.42. The van der Waals surface area contributed by atoms with E-state index in [1.54, 1.807) is 12.1 Å². The van der Waals surface area contributed by atoms with E-state index in [2.05, 4.69) is 10.6 Å². The van der Waals surface area contributed by atoms with Crippen LogP contribution in [0.5, 0.6) is 0 Å². The maximum Gasteiger partial charge on any atom is 0.237 e. The number of carbonyl (C=O) groups is 1. The van der Waals surface area contributed by atoms with Crippen LogP contribution >= 0.6 is 0 Å². The fourth-order valence-corrected chi connectivity index (χ4v) is 1.71. The molecule has 0 bridgehead atoms. The summed E-state index contributed by atoms with van der Waals surface area (Å²) in [7, 11) is 0. The van der Waals surface area contributed by atoms with Gasteiger partial charge in [-0.1, -0.05) is 19.1 Å². The number of hydrogen-bond donors (Lipinski definition) is 2. The van der Waals surface area contributed by atoms with Gasteiger partial charge in [-0.25, -0.2) is 4.39 Å². The van der Waals surface area contributed by atoms with E-state index in [1.165, 1.54) is 12.1 Å². The van der Waals surface area contributed by atoms with E-state index in [4.69, 9.17) is 0 Å². The highest BCUT2D eigenvalue weighted by molar-refractivity contribution is 5.81. The largest absolute Gasteiger partial charge is 0.350 e. The lowest BCUT2D eigenvalue weighted by atomic mass is 10.0. The molecule has 0 aromatic heterocycles. The van der Waals surface area contributed by atoms with Crippen LogP contribution in [0.2, 0.25) is 0 Å². The zero-order valence-corrected chi connectivity index (χ0v) is 12.8. The zero-order valence-electron chi connectivity index (χ0n) is 12.8. The van der Waals surface area contributed by atoms with Gasteiger partial charge < -0.3 is 10.6 Å². The van der Waals surface area contributed by atoms with Crippen molar-refractivity contribution in [2.45, 2.75) is 52.1 Å². The summed E-state index contributed by atoms with van der Waals surface area (Å²) in [5.41, 5.74) is 0.879. The van der Waals surface area contributed by atoms with Crippen molar-refractivity contribution in [3.05, 3.63) is 35.6 Å². The first-order chi connectivity index (χ1) is 9.34. The lowest BCUT2D eigenvalue weighted by Crippen LogP contribution is -2.50. The maximum atomic E-state index is 12.8. The van der Waals surface area contributed by atoms with Gasteiger partial charge in [0.15, 0.2) is 0 Å². The van der Waals surface area contributed by atoms with Gasteiger partial charge in [-0.15, -0.1) is 0 Å². The monoisotopic (exact) mass is 280 g/mol. The summed E-state index contributed by atoms with van der Waals surface area (Å²) in [4.78, 5) is 12.0. The van der Waals surface area contributed by atoms with E-state index in [0.29, 0.717) is 6.54 Å². The molecule has 0 aliphatic heterocycles. The highest BCUT2D eigenvalue weighted by Gasteiger charge is 2.21. The van der Waals surface area contributed by atoms with Crippen LogP contribution in [0.4, 0.5) is 4.39 Å². The van der Waals surface area contributed by atoms with Gasteiger partial charge in [0.2, 0.25) is 5.91 Å². The molecule has 1 amide bonds. The molecule has 0 aliphatic carbocycles. The van der Waals surface area contributed by atoms with Crippen LogP contribution in [0.25, 0.3) is 0 Å². The summed E-state index contributed by atoms with van der Waals surface area (Å²) in [5, 5.41) is 6.20. The van der Waals surface area contributed by atoms with Crippen LogP contribution in [0.15, 0.2) is 24.3 Å². The van der Waals surface area contributed by atoms with Crippen LogP contribution < -0.4 is 10.6 Å². The Bertz CT molecular complexity index is 429. The summed E-state index contributed by atoms with van der Waals surface area (Å²) in [5.74, 6) is -0.216. The molecule has 3 nitrogen and oxygen atoms in total. The van der Waals surface area contributed by atoms with Crippen molar-refractivity contribution in [2.75, 3.05) is 6.54 Å². The van der Waals surface area contributed by atoms with Crippen molar-refractivity contribution in [1.29, 1.82) is 0 Å². The van der Waals surface area contributed by atoms with Crippen LogP contribution in [0.1, 0.15) is 39.7 Å². The molecule has 0 aliphatic rings. The van der Waals surface area contributed by atoms with Gasteiger partial charge in [-0.2, -0.15) is 0 Å². The van der Waals surface area contributed by atoms with Crippen molar-refractivity contribution in [1.82, 2.24) is 10.6 Å². The minimum absolute atomic E-state index is 0.0101. The summed E-state index contributed by atoms with van der Waals surface area (Å²) in [6, 6.07) is 6.20. The van der Waals surface area contributed by atoms with Crippen molar-refractivity contribution in [3.8, 4) is 0 Å². The standard InChI is InChI=1S/C16H25FN2O/c1-5-16(3,4)19-15(20)12(2)18-11-10-13-6-8-14(17)9-7-13/h6-9,12,18H,5,10-11H2,1-4H3,(H,19,20). The van der Waals surface area contributed by atoms with Gasteiger partial charge >= 0.3 is 0 Å². The predicted octanol–water partition coefficient (Wildman–Crippen LogP) is 2.65. The Morgan fingerprint density at radius 1 is 1.30 bits per heavy atom. The molecule has 0 saturated heterocycles. The summed E-state index contributed by atoms with van der Waals surface area (Å²) < 4.78 is 12.8. The topological polar surface area (TPSA) is 41.1 Å². The van der Waals surface area contributed by atoms with E-state index in [9.17, 15) is 9.18 Å². The Morgan fingerprint density at radius 3 is 2.45 bits per heavy atom.